The zero-order valence-corrected chi connectivity index (χ0v) is 12.4. The van der Waals surface area contributed by atoms with Gasteiger partial charge in [-0.05, 0) is 25.8 Å². The van der Waals surface area contributed by atoms with Crippen molar-refractivity contribution in [2.24, 2.45) is 0 Å². The highest BCUT2D eigenvalue weighted by atomic mass is 16.5. The summed E-state index contributed by atoms with van der Waals surface area (Å²) in [7, 11) is 1.66. The van der Waals surface area contributed by atoms with E-state index in [0.29, 0.717) is 39.1 Å². The minimum atomic E-state index is 0.498. The van der Waals surface area contributed by atoms with Crippen LogP contribution in [0.4, 0.5) is 0 Å². The second-order valence-electron chi connectivity index (χ2n) is 5.11. The van der Waals surface area contributed by atoms with Gasteiger partial charge in [-0.3, -0.25) is 0 Å². The number of hydrogen-bond acceptors (Lipinski definition) is 5. The highest BCUT2D eigenvalue weighted by Gasteiger charge is 2.20. The first-order valence-corrected chi connectivity index (χ1v) is 7.25. The summed E-state index contributed by atoms with van der Waals surface area (Å²) in [6, 6.07) is 2.80. The van der Waals surface area contributed by atoms with Gasteiger partial charge in [-0.1, -0.05) is 0 Å². The van der Waals surface area contributed by atoms with Crippen molar-refractivity contribution in [2.45, 2.75) is 39.0 Å². The van der Waals surface area contributed by atoms with Crippen LogP contribution in [0.3, 0.4) is 0 Å². The summed E-state index contributed by atoms with van der Waals surface area (Å²) in [6.07, 6.45) is 2.60. The fourth-order valence-electron chi connectivity index (χ4n) is 1.91. The van der Waals surface area contributed by atoms with E-state index in [9.17, 15) is 0 Å². The molecule has 0 radical (unpaired) electrons. The molecule has 1 heterocycles. The van der Waals surface area contributed by atoms with Gasteiger partial charge in [0.25, 0.3) is 0 Å². The van der Waals surface area contributed by atoms with E-state index < -0.39 is 0 Å². The monoisotopic (exact) mass is 283 g/mol. The number of ether oxygens (including phenoxy) is 3. The van der Waals surface area contributed by atoms with Crippen molar-refractivity contribution in [1.82, 2.24) is 5.32 Å². The third kappa shape index (κ3) is 5.63. The molecule has 5 heteroatoms. The molecule has 114 valence electrons. The van der Waals surface area contributed by atoms with Gasteiger partial charge in [-0.2, -0.15) is 0 Å². The minimum absolute atomic E-state index is 0.498. The molecule has 1 fully saturated rings. The van der Waals surface area contributed by atoms with E-state index in [2.05, 4.69) is 11.4 Å². The maximum absolute atomic E-state index is 5.69. The van der Waals surface area contributed by atoms with Crippen molar-refractivity contribution in [3.05, 3.63) is 23.2 Å². The van der Waals surface area contributed by atoms with Crippen LogP contribution in [-0.2, 0) is 27.4 Å². The molecule has 1 aliphatic rings. The molecule has 5 nitrogen and oxygen atoms in total. The molecule has 0 aromatic carbocycles. The molecule has 0 saturated heterocycles. The summed E-state index contributed by atoms with van der Waals surface area (Å²) in [5.41, 5.74) is 1.23. The lowest BCUT2D eigenvalue weighted by Crippen LogP contribution is -2.15. The number of methoxy groups -OCH3 is 1. The average molecular weight is 283 g/mol. The smallest absolute Gasteiger partial charge is 0.130 e. The number of nitrogens with one attached hydrogen (secondary N) is 1. The normalized spacial score (nSPS) is 14.9. The molecule has 2 rings (SSSR count). The van der Waals surface area contributed by atoms with Crippen molar-refractivity contribution in [1.29, 1.82) is 0 Å². The number of rotatable bonds is 11. The third-order valence-corrected chi connectivity index (χ3v) is 3.28. The van der Waals surface area contributed by atoms with E-state index in [1.54, 1.807) is 7.11 Å². The summed E-state index contributed by atoms with van der Waals surface area (Å²) >= 11 is 0. The Hall–Kier alpha value is -0.880. The van der Waals surface area contributed by atoms with Crippen LogP contribution < -0.4 is 5.32 Å². The Morgan fingerprint density at radius 1 is 1.20 bits per heavy atom. The van der Waals surface area contributed by atoms with Gasteiger partial charge in [0, 0.05) is 25.3 Å². The Labute approximate surface area is 120 Å². The first-order chi connectivity index (χ1) is 9.79. The van der Waals surface area contributed by atoms with E-state index in [0.717, 1.165) is 18.1 Å². The number of hydrogen-bond donors (Lipinski definition) is 1. The molecule has 1 aromatic rings. The number of aryl methyl sites for hydroxylation is 1. The van der Waals surface area contributed by atoms with Crippen LogP contribution in [0.2, 0.25) is 0 Å². The van der Waals surface area contributed by atoms with E-state index in [-0.39, 0.29) is 0 Å². The Balaban J connectivity index is 1.59. The SMILES string of the molecule is COCCOCCOCc1cc(CNC2CC2)c(C)o1. The van der Waals surface area contributed by atoms with Gasteiger partial charge < -0.3 is 23.9 Å². The molecular formula is C15H25NO4. The van der Waals surface area contributed by atoms with Crippen LogP contribution in [0, 0.1) is 6.92 Å². The van der Waals surface area contributed by atoms with Crippen LogP contribution in [0.1, 0.15) is 29.9 Å². The van der Waals surface area contributed by atoms with Crippen LogP contribution in [-0.4, -0.2) is 39.6 Å². The fraction of sp³-hybridized carbons (Fsp3) is 0.733. The van der Waals surface area contributed by atoms with Crippen LogP contribution in [0.25, 0.3) is 0 Å². The van der Waals surface area contributed by atoms with Gasteiger partial charge in [0.2, 0.25) is 0 Å². The lowest BCUT2D eigenvalue weighted by molar-refractivity contribution is 0.0160. The predicted octanol–water partition coefficient (Wildman–Crippen LogP) is 2.02. The van der Waals surface area contributed by atoms with Crippen LogP contribution >= 0.6 is 0 Å². The molecule has 1 saturated carbocycles. The molecular weight excluding hydrogens is 258 g/mol. The van der Waals surface area contributed by atoms with Crippen molar-refractivity contribution in [2.75, 3.05) is 33.5 Å². The lowest BCUT2D eigenvalue weighted by atomic mass is 10.2. The summed E-state index contributed by atoms with van der Waals surface area (Å²) in [5, 5.41) is 3.49. The van der Waals surface area contributed by atoms with Gasteiger partial charge in [0.05, 0.1) is 26.4 Å². The first-order valence-electron chi connectivity index (χ1n) is 7.25. The van der Waals surface area contributed by atoms with E-state index in [4.69, 9.17) is 18.6 Å². The quantitative estimate of drug-likeness (QED) is 0.630. The van der Waals surface area contributed by atoms with E-state index in [1.807, 2.05) is 6.92 Å². The van der Waals surface area contributed by atoms with E-state index in [1.165, 1.54) is 18.4 Å². The second kappa shape index (κ2) is 8.42. The summed E-state index contributed by atoms with van der Waals surface area (Å²) in [4.78, 5) is 0. The van der Waals surface area contributed by atoms with Crippen molar-refractivity contribution in [3.8, 4) is 0 Å². The Bertz CT molecular complexity index is 387. The fourth-order valence-corrected chi connectivity index (χ4v) is 1.91. The molecule has 1 aliphatic carbocycles. The maximum atomic E-state index is 5.69. The zero-order chi connectivity index (χ0) is 14.2. The largest absolute Gasteiger partial charge is 0.464 e. The topological polar surface area (TPSA) is 52.9 Å². The second-order valence-corrected chi connectivity index (χ2v) is 5.11. The van der Waals surface area contributed by atoms with Crippen LogP contribution in [0.15, 0.2) is 10.5 Å². The highest BCUT2D eigenvalue weighted by Crippen LogP contribution is 2.21. The standard InChI is InChI=1S/C15H25NO4/c1-12-13(10-16-14-3-4-14)9-15(20-12)11-19-8-7-18-6-5-17-2/h9,14,16H,3-8,10-11H2,1-2H3. The molecule has 0 spiro atoms. The van der Waals surface area contributed by atoms with Crippen molar-refractivity contribution in [3.63, 3.8) is 0 Å². The predicted molar refractivity (Wildman–Crippen MR) is 75.7 cm³/mol. The molecule has 1 N–H and O–H groups in total. The Morgan fingerprint density at radius 3 is 2.70 bits per heavy atom. The minimum Gasteiger partial charge on any atom is -0.464 e. The third-order valence-electron chi connectivity index (χ3n) is 3.28. The average Bonchev–Trinajstić information content (AvgIpc) is 3.20. The maximum Gasteiger partial charge on any atom is 0.130 e. The zero-order valence-electron chi connectivity index (χ0n) is 12.4. The van der Waals surface area contributed by atoms with Gasteiger partial charge >= 0.3 is 0 Å². The Morgan fingerprint density at radius 2 is 1.95 bits per heavy atom. The van der Waals surface area contributed by atoms with Gasteiger partial charge in [-0.15, -0.1) is 0 Å². The molecule has 0 aliphatic heterocycles. The molecule has 20 heavy (non-hydrogen) atoms. The lowest BCUT2D eigenvalue weighted by Gasteiger charge is -2.03. The van der Waals surface area contributed by atoms with Gasteiger partial charge in [0.1, 0.15) is 18.1 Å². The summed E-state index contributed by atoms with van der Waals surface area (Å²) in [6.45, 7) is 5.77. The van der Waals surface area contributed by atoms with Crippen molar-refractivity contribution < 1.29 is 18.6 Å². The number of furan rings is 1. The van der Waals surface area contributed by atoms with Crippen LogP contribution in [0.5, 0.6) is 0 Å². The van der Waals surface area contributed by atoms with E-state index >= 15 is 0 Å². The van der Waals surface area contributed by atoms with Crippen molar-refractivity contribution >= 4 is 0 Å². The van der Waals surface area contributed by atoms with Gasteiger partial charge in [-0.25, -0.2) is 0 Å². The summed E-state index contributed by atoms with van der Waals surface area (Å²) in [5.74, 6) is 1.86. The highest BCUT2D eigenvalue weighted by molar-refractivity contribution is 5.20. The van der Waals surface area contributed by atoms with Gasteiger partial charge in [0.15, 0.2) is 0 Å². The molecule has 0 unspecified atom stereocenters. The molecule has 0 atom stereocenters. The first kappa shape index (κ1) is 15.5. The summed E-state index contributed by atoms with van der Waals surface area (Å²) < 4.78 is 21.4. The molecule has 0 amide bonds. The molecule has 0 bridgehead atoms. The Kier molecular flexibility index (Phi) is 6.53. The molecule has 1 aromatic heterocycles.